The Labute approximate surface area is 124 Å². The number of carbonyl (C=O) groups is 2. The fraction of sp³-hybridized carbons (Fsp3) is 0.467. The number of rotatable bonds is 9. The standard InChI is InChI=1S/C15H21NO5/c1-20-10-9-12(15(18)19)16-14(17)8-7-11-5-3-4-6-13(11)21-2/h3-6,12H,7-10H2,1-2H3,(H,16,17)(H,18,19). The molecule has 0 spiro atoms. The minimum atomic E-state index is -1.06. The van der Waals surface area contributed by atoms with Crippen LogP contribution in [0.3, 0.4) is 0 Å². The van der Waals surface area contributed by atoms with Crippen LogP contribution in [-0.4, -0.2) is 43.9 Å². The summed E-state index contributed by atoms with van der Waals surface area (Å²) >= 11 is 0. The molecule has 1 aromatic rings. The van der Waals surface area contributed by atoms with Crippen molar-refractivity contribution >= 4 is 11.9 Å². The third kappa shape index (κ3) is 5.83. The van der Waals surface area contributed by atoms with Crippen molar-refractivity contribution in [1.82, 2.24) is 5.32 Å². The van der Waals surface area contributed by atoms with Gasteiger partial charge in [0, 0.05) is 26.6 Å². The van der Waals surface area contributed by atoms with E-state index in [1.54, 1.807) is 7.11 Å². The van der Waals surface area contributed by atoms with E-state index in [0.717, 1.165) is 11.3 Å². The summed E-state index contributed by atoms with van der Waals surface area (Å²) in [6, 6.07) is 6.51. The number of nitrogens with one attached hydrogen (secondary N) is 1. The Morgan fingerprint density at radius 1 is 1.29 bits per heavy atom. The second-order valence-corrected chi connectivity index (χ2v) is 4.55. The minimum Gasteiger partial charge on any atom is -0.496 e. The molecule has 6 nitrogen and oxygen atoms in total. The monoisotopic (exact) mass is 295 g/mol. The van der Waals surface area contributed by atoms with Crippen LogP contribution in [0.25, 0.3) is 0 Å². The van der Waals surface area contributed by atoms with Crippen molar-refractivity contribution in [3.8, 4) is 5.75 Å². The maximum atomic E-state index is 11.8. The van der Waals surface area contributed by atoms with Crippen molar-refractivity contribution in [3.63, 3.8) is 0 Å². The second-order valence-electron chi connectivity index (χ2n) is 4.55. The van der Waals surface area contributed by atoms with Crippen LogP contribution < -0.4 is 10.1 Å². The molecule has 2 N–H and O–H groups in total. The molecule has 0 saturated carbocycles. The quantitative estimate of drug-likeness (QED) is 0.716. The second kappa shape index (κ2) is 8.97. The summed E-state index contributed by atoms with van der Waals surface area (Å²) in [5.41, 5.74) is 0.916. The smallest absolute Gasteiger partial charge is 0.326 e. The van der Waals surface area contributed by atoms with Crippen LogP contribution in [-0.2, 0) is 20.7 Å². The zero-order chi connectivity index (χ0) is 15.7. The van der Waals surface area contributed by atoms with E-state index in [4.69, 9.17) is 14.6 Å². The summed E-state index contributed by atoms with van der Waals surface area (Å²) in [6.45, 7) is 0.282. The van der Waals surface area contributed by atoms with Crippen molar-refractivity contribution in [3.05, 3.63) is 29.8 Å². The Morgan fingerprint density at radius 2 is 2.00 bits per heavy atom. The largest absolute Gasteiger partial charge is 0.496 e. The first kappa shape index (κ1) is 17.0. The molecule has 0 aliphatic heterocycles. The number of amides is 1. The number of carbonyl (C=O) groups excluding carboxylic acids is 1. The molecule has 1 atom stereocenters. The predicted molar refractivity (Wildman–Crippen MR) is 77.4 cm³/mol. The number of ether oxygens (including phenoxy) is 2. The van der Waals surface area contributed by atoms with Gasteiger partial charge in [-0.2, -0.15) is 0 Å². The highest BCUT2D eigenvalue weighted by Gasteiger charge is 2.19. The molecule has 0 aliphatic rings. The molecule has 1 amide bonds. The molecule has 0 radical (unpaired) electrons. The van der Waals surface area contributed by atoms with E-state index in [9.17, 15) is 9.59 Å². The minimum absolute atomic E-state index is 0.205. The van der Waals surface area contributed by atoms with Crippen LogP contribution in [0.5, 0.6) is 5.75 Å². The van der Waals surface area contributed by atoms with Gasteiger partial charge in [-0.1, -0.05) is 18.2 Å². The zero-order valence-corrected chi connectivity index (χ0v) is 12.3. The molecule has 6 heteroatoms. The summed E-state index contributed by atoms with van der Waals surface area (Å²) in [5.74, 6) is -0.637. The molecule has 21 heavy (non-hydrogen) atoms. The van der Waals surface area contributed by atoms with Crippen LogP contribution in [0, 0.1) is 0 Å². The number of aryl methyl sites for hydroxylation is 1. The van der Waals surface area contributed by atoms with Gasteiger partial charge in [0.2, 0.25) is 5.91 Å². The zero-order valence-electron chi connectivity index (χ0n) is 12.3. The van der Waals surface area contributed by atoms with Crippen LogP contribution in [0.15, 0.2) is 24.3 Å². The first-order valence-corrected chi connectivity index (χ1v) is 6.71. The van der Waals surface area contributed by atoms with Gasteiger partial charge in [0.05, 0.1) is 7.11 Å². The Balaban J connectivity index is 2.50. The molecule has 116 valence electrons. The molecule has 0 aromatic heterocycles. The van der Waals surface area contributed by atoms with Crippen molar-refractivity contribution in [2.75, 3.05) is 20.8 Å². The van der Waals surface area contributed by atoms with Crippen LogP contribution >= 0.6 is 0 Å². The lowest BCUT2D eigenvalue weighted by Crippen LogP contribution is -2.41. The van der Waals surface area contributed by atoms with E-state index in [1.165, 1.54) is 7.11 Å². The van der Waals surface area contributed by atoms with Gasteiger partial charge < -0.3 is 19.9 Å². The van der Waals surface area contributed by atoms with Gasteiger partial charge in [-0.15, -0.1) is 0 Å². The SMILES string of the molecule is COCCC(NC(=O)CCc1ccccc1OC)C(=O)O. The summed E-state index contributed by atoms with van der Waals surface area (Å²) in [7, 11) is 3.06. The third-order valence-corrected chi connectivity index (χ3v) is 3.06. The van der Waals surface area contributed by atoms with E-state index in [-0.39, 0.29) is 25.4 Å². The number of benzene rings is 1. The van der Waals surface area contributed by atoms with Gasteiger partial charge in [-0.3, -0.25) is 4.79 Å². The fourth-order valence-corrected chi connectivity index (χ4v) is 1.92. The molecule has 1 aromatic carbocycles. The van der Waals surface area contributed by atoms with Crippen molar-refractivity contribution < 1.29 is 24.2 Å². The number of hydrogen-bond donors (Lipinski definition) is 2. The van der Waals surface area contributed by atoms with E-state index in [1.807, 2.05) is 24.3 Å². The maximum Gasteiger partial charge on any atom is 0.326 e. The summed E-state index contributed by atoms with van der Waals surface area (Å²) in [5, 5.41) is 11.5. The van der Waals surface area contributed by atoms with Gasteiger partial charge in [-0.25, -0.2) is 4.79 Å². The summed E-state index contributed by atoms with van der Waals surface area (Å²) in [6.07, 6.45) is 0.940. The first-order valence-electron chi connectivity index (χ1n) is 6.71. The average Bonchev–Trinajstić information content (AvgIpc) is 2.49. The number of carboxylic acid groups (broad SMARTS) is 1. The molecule has 0 heterocycles. The van der Waals surface area contributed by atoms with E-state index in [2.05, 4.69) is 5.32 Å². The highest BCUT2D eigenvalue weighted by Crippen LogP contribution is 2.18. The van der Waals surface area contributed by atoms with Gasteiger partial charge in [-0.05, 0) is 18.1 Å². The van der Waals surface area contributed by atoms with Crippen LogP contribution in [0.2, 0.25) is 0 Å². The Bertz CT molecular complexity index is 475. The number of para-hydroxylation sites is 1. The average molecular weight is 295 g/mol. The Morgan fingerprint density at radius 3 is 2.62 bits per heavy atom. The maximum absolute atomic E-state index is 11.8. The lowest BCUT2D eigenvalue weighted by Gasteiger charge is -2.14. The lowest BCUT2D eigenvalue weighted by molar-refractivity contribution is -0.142. The molecule has 1 rings (SSSR count). The van der Waals surface area contributed by atoms with E-state index in [0.29, 0.717) is 6.42 Å². The van der Waals surface area contributed by atoms with Crippen LogP contribution in [0.4, 0.5) is 0 Å². The molecule has 0 saturated heterocycles. The van der Waals surface area contributed by atoms with Crippen molar-refractivity contribution in [2.45, 2.75) is 25.3 Å². The predicted octanol–water partition coefficient (Wildman–Crippen LogP) is 1.23. The van der Waals surface area contributed by atoms with Gasteiger partial charge >= 0.3 is 5.97 Å². The Kier molecular flexibility index (Phi) is 7.25. The number of hydrogen-bond acceptors (Lipinski definition) is 4. The summed E-state index contributed by atoms with van der Waals surface area (Å²) in [4.78, 5) is 22.9. The lowest BCUT2D eigenvalue weighted by atomic mass is 10.1. The van der Waals surface area contributed by atoms with Crippen molar-refractivity contribution in [2.24, 2.45) is 0 Å². The molecule has 0 aliphatic carbocycles. The molecule has 1 unspecified atom stereocenters. The summed E-state index contributed by atoms with van der Waals surface area (Å²) < 4.78 is 10.0. The molecular weight excluding hydrogens is 274 g/mol. The van der Waals surface area contributed by atoms with Crippen LogP contribution in [0.1, 0.15) is 18.4 Å². The first-order chi connectivity index (χ1) is 10.1. The number of methoxy groups -OCH3 is 2. The fourth-order valence-electron chi connectivity index (χ4n) is 1.92. The van der Waals surface area contributed by atoms with E-state index < -0.39 is 12.0 Å². The molecule has 0 bridgehead atoms. The number of carboxylic acids is 1. The highest BCUT2D eigenvalue weighted by molar-refractivity contribution is 5.83. The molecule has 0 fully saturated rings. The van der Waals surface area contributed by atoms with Gasteiger partial charge in [0.1, 0.15) is 11.8 Å². The number of aliphatic carboxylic acids is 1. The van der Waals surface area contributed by atoms with E-state index >= 15 is 0 Å². The topological polar surface area (TPSA) is 84.9 Å². The molecular formula is C15H21NO5. The Hall–Kier alpha value is -2.08. The van der Waals surface area contributed by atoms with Gasteiger partial charge in [0.25, 0.3) is 0 Å². The normalized spacial score (nSPS) is 11.7. The highest BCUT2D eigenvalue weighted by atomic mass is 16.5. The third-order valence-electron chi connectivity index (χ3n) is 3.06. The van der Waals surface area contributed by atoms with Crippen molar-refractivity contribution in [1.29, 1.82) is 0 Å². The van der Waals surface area contributed by atoms with Gasteiger partial charge in [0.15, 0.2) is 0 Å².